The molecule has 7 aromatic rings. The molecule has 0 amide bonds. The highest BCUT2D eigenvalue weighted by molar-refractivity contribution is 6.21. The molecule has 2 heteroatoms. The van der Waals surface area contributed by atoms with Crippen molar-refractivity contribution in [1.82, 2.24) is 10.3 Å². The van der Waals surface area contributed by atoms with E-state index in [1.54, 1.807) is 0 Å². The Kier molecular flexibility index (Phi) is 6.12. The number of allylic oxidation sites excluding steroid dienone is 2. The van der Waals surface area contributed by atoms with E-state index >= 15 is 0 Å². The number of hydrogen-bond donors (Lipinski definition) is 1. The summed E-state index contributed by atoms with van der Waals surface area (Å²) in [4.78, 5) is 4.36. The summed E-state index contributed by atoms with van der Waals surface area (Å²) >= 11 is 0. The summed E-state index contributed by atoms with van der Waals surface area (Å²) in [6.07, 6.45) is 6.27. The summed E-state index contributed by atoms with van der Waals surface area (Å²) in [5.74, 6) is 0. The number of aromatic nitrogens is 1. The molecule has 1 aromatic heterocycles. The van der Waals surface area contributed by atoms with Crippen LogP contribution in [0.2, 0.25) is 0 Å². The van der Waals surface area contributed by atoms with Crippen LogP contribution in [0.3, 0.4) is 0 Å². The summed E-state index contributed by atoms with van der Waals surface area (Å²) in [6, 6.07) is 46.5. The Balaban J connectivity index is 1.26. The Morgan fingerprint density at radius 1 is 0.535 bits per heavy atom. The van der Waals surface area contributed by atoms with Gasteiger partial charge in [-0.05, 0) is 108 Å². The summed E-state index contributed by atoms with van der Waals surface area (Å²) in [6.45, 7) is 2.84. The minimum Gasteiger partial charge on any atom is -0.386 e. The topological polar surface area (TPSA) is 24.9 Å². The monoisotopic (exact) mass is 550 g/mol. The van der Waals surface area contributed by atoms with Gasteiger partial charge in [0.1, 0.15) is 0 Å². The van der Waals surface area contributed by atoms with E-state index in [0.717, 1.165) is 12.2 Å². The molecule has 6 aromatic carbocycles. The molecule has 2 heterocycles. The second-order valence-electron chi connectivity index (χ2n) is 11.3. The lowest BCUT2D eigenvalue weighted by Crippen LogP contribution is -2.14. The number of nitrogens with one attached hydrogen (secondary N) is 1. The number of nitrogens with zero attached hydrogens (tertiary/aromatic N) is 1. The van der Waals surface area contributed by atoms with Crippen LogP contribution in [-0.4, -0.2) is 11.5 Å². The molecule has 2 nitrogen and oxygen atoms in total. The van der Waals surface area contributed by atoms with Crippen LogP contribution in [0.15, 0.2) is 146 Å². The van der Waals surface area contributed by atoms with Gasteiger partial charge in [-0.2, -0.15) is 0 Å². The molecule has 0 saturated heterocycles. The van der Waals surface area contributed by atoms with Crippen molar-refractivity contribution in [2.24, 2.45) is 0 Å². The molecule has 0 atom stereocenters. The number of fused-ring (bicyclic) bond motifs is 3. The molecule has 0 fully saturated rings. The Morgan fingerprint density at radius 2 is 1.12 bits per heavy atom. The SMILES string of the molecule is Cc1cc(C2=CNCC(c3ccc(-c4c5ccccc5c(-c5ccc6ccccc6c5)c5ccccc45)cc3)=C2)ccn1. The fraction of sp³-hybridized carbons (Fsp3) is 0.0488. The van der Waals surface area contributed by atoms with Crippen molar-refractivity contribution in [1.29, 1.82) is 0 Å². The first-order chi connectivity index (χ1) is 21.2. The van der Waals surface area contributed by atoms with Crippen molar-refractivity contribution in [2.45, 2.75) is 6.92 Å². The van der Waals surface area contributed by atoms with Gasteiger partial charge in [0.25, 0.3) is 0 Å². The van der Waals surface area contributed by atoms with Crippen molar-refractivity contribution in [3.05, 3.63) is 163 Å². The first kappa shape index (κ1) is 25.3. The van der Waals surface area contributed by atoms with E-state index < -0.39 is 0 Å². The van der Waals surface area contributed by atoms with E-state index in [9.17, 15) is 0 Å². The van der Waals surface area contributed by atoms with E-state index in [0.29, 0.717) is 0 Å². The van der Waals surface area contributed by atoms with Gasteiger partial charge in [-0.1, -0.05) is 109 Å². The minimum atomic E-state index is 0.805. The smallest absolute Gasteiger partial charge is 0.0401 e. The Labute approximate surface area is 251 Å². The molecule has 0 bridgehead atoms. The third-order valence-electron chi connectivity index (χ3n) is 8.62. The van der Waals surface area contributed by atoms with Crippen molar-refractivity contribution in [2.75, 3.05) is 6.54 Å². The van der Waals surface area contributed by atoms with Gasteiger partial charge in [0.15, 0.2) is 0 Å². The molecule has 0 unspecified atom stereocenters. The van der Waals surface area contributed by atoms with Gasteiger partial charge in [0.05, 0.1) is 0 Å². The van der Waals surface area contributed by atoms with Crippen molar-refractivity contribution < 1.29 is 0 Å². The Hall–Kier alpha value is -5.47. The normalized spacial score (nSPS) is 13.1. The van der Waals surface area contributed by atoms with Crippen LogP contribution in [0, 0.1) is 6.92 Å². The molecule has 0 saturated carbocycles. The lowest BCUT2D eigenvalue weighted by atomic mass is 9.85. The molecule has 43 heavy (non-hydrogen) atoms. The highest BCUT2D eigenvalue weighted by atomic mass is 14.8. The summed E-state index contributed by atoms with van der Waals surface area (Å²) in [5.41, 5.74) is 10.9. The number of aryl methyl sites for hydroxylation is 1. The Morgan fingerprint density at radius 3 is 1.79 bits per heavy atom. The third-order valence-corrected chi connectivity index (χ3v) is 8.62. The van der Waals surface area contributed by atoms with Gasteiger partial charge in [-0.3, -0.25) is 4.98 Å². The number of benzene rings is 6. The predicted molar refractivity (Wildman–Crippen MR) is 183 cm³/mol. The van der Waals surface area contributed by atoms with Crippen LogP contribution < -0.4 is 5.32 Å². The lowest BCUT2D eigenvalue weighted by molar-refractivity contribution is 0.990. The zero-order valence-corrected chi connectivity index (χ0v) is 24.0. The standard InChI is InChI=1S/C41H30N2/c1-27-22-32(20-21-43-27)35-24-34(25-42-26-35)29-14-17-30(18-15-29)40-36-10-4-6-12-38(36)41(39-13-7-5-11-37(39)40)33-19-16-28-8-2-3-9-31(28)23-33/h2-24,26,42H,25H2,1H3. The molecule has 1 aliphatic rings. The van der Waals surface area contributed by atoms with Gasteiger partial charge < -0.3 is 5.32 Å². The maximum Gasteiger partial charge on any atom is 0.0401 e. The summed E-state index contributed by atoms with van der Waals surface area (Å²) < 4.78 is 0. The summed E-state index contributed by atoms with van der Waals surface area (Å²) in [5, 5.41) is 11.1. The van der Waals surface area contributed by atoms with Gasteiger partial charge in [-0.15, -0.1) is 0 Å². The second kappa shape index (κ2) is 10.4. The molecule has 1 N–H and O–H groups in total. The quantitative estimate of drug-likeness (QED) is 0.221. The van der Waals surface area contributed by atoms with E-state index in [1.165, 1.54) is 76.8 Å². The van der Waals surface area contributed by atoms with E-state index in [4.69, 9.17) is 0 Å². The van der Waals surface area contributed by atoms with E-state index in [1.807, 2.05) is 13.1 Å². The van der Waals surface area contributed by atoms with E-state index in [-0.39, 0.29) is 0 Å². The van der Waals surface area contributed by atoms with Crippen molar-refractivity contribution in [3.63, 3.8) is 0 Å². The maximum atomic E-state index is 4.36. The largest absolute Gasteiger partial charge is 0.386 e. The van der Waals surface area contributed by atoms with Gasteiger partial charge in [0, 0.05) is 24.6 Å². The van der Waals surface area contributed by atoms with Crippen LogP contribution in [0.4, 0.5) is 0 Å². The average Bonchev–Trinajstić information content (AvgIpc) is 3.07. The second-order valence-corrected chi connectivity index (χ2v) is 11.3. The first-order valence-electron chi connectivity index (χ1n) is 14.8. The molecular weight excluding hydrogens is 520 g/mol. The first-order valence-corrected chi connectivity index (χ1v) is 14.8. The molecule has 8 rings (SSSR count). The third kappa shape index (κ3) is 4.49. The zero-order chi connectivity index (χ0) is 28.8. The van der Waals surface area contributed by atoms with Crippen molar-refractivity contribution in [3.8, 4) is 22.3 Å². The highest BCUT2D eigenvalue weighted by Crippen LogP contribution is 2.44. The van der Waals surface area contributed by atoms with Gasteiger partial charge in [0.2, 0.25) is 0 Å². The molecule has 0 radical (unpaired) electrons. The fourth-order valence-electron chi connectivity index (χ4n) is 6.57. The molecule has 1 aliphatic heterocycles. The van der Waals surface area contributed by atoms with Crippen LogP contribution >= 0.6 is 0 Å². The minimum absolute atomic E-state index is 0.805. The maximum absolute atomic E-state index is 4.36. The van der Waals surface area contributed by atoms with Gasteiger partial charge in [-0.25, -0.2) is 0 Å². The Bertz CT molecular complexity index is 2180. The average molecular weight is 551 g/mol. The van der Waals surface area contributed by atoms with E-state index in [2.05, 4.69) is 150 Å². The number of dihydropyridines is 1. The predicted octanol–water partition coefficient (Wildman–Crippen LogP) is 10.2. The van der Waals surface area contributed by atoms with Crippen LogP contribution in [-0.2, 0) is 0 Å². The van der Waals surface area contributed by atoms with Crippen LogP contribution in [0.25, 0.3) is 65.7 Å². The number of hydrogen-bond acceptors (Lipinski definition) is 2. The molecule has 0 spiro atoms. The molecule has 204 valence electrons. The van der Waals surface area contributed by atoms with Crippen LogP contribution in [0.5, 0.6) is 0 Å². The summed E-state index contributed by atoms with van der Waals surface area (Å²) in [7, 11) is 0. The lowest BCUT2D eigenvalue weighted by Gasteiger charge is -2.19. The molecule has 0 aliphatic carbocycles. The zero-order valence-electron chi connectivity index (χ0n) is 24.0. The van der Waals surface area contributed by atoms with Crippen molar-refractivity contribution >= 4 is 43.5 Å². The van der Waals surface area contributed by atoms with Gasteiger partial charge >= 0.3 is 0 Å². The molecular formula is C41H30N2. The van der Waals surface area contributed by atoms with Crippen LogP contribution in [0.1, 0.15) is 16.8 Å². The highest BCUT2D eigenvalue weighted by Gasteiger charge is 2.17. The number of rotatable bonds is 4. The fourth-order valence-corrected chi connectivity index (χ4v) is 6.57. The number of pyridine rings is 1.